The van der Waals surface area contributed by atoms with E-state index in [0.717, 1.165) is 11.3 Å². The van der Waals surface area contributed by atoms with E-state index in [1.165, 1.54) is 6.07 Å². The molecule has 1 fully saturated rings. The molecule has 8 nitrogen and oxygen atoms in total. The second kappa shape index (κ2) is 8.47. The van der Waals surface area contributed by atoms with Crippen LogP contribution in [0.3, 0.4) is 0 Å². The summed E-state index contributed by atoms with van der Waals surface area (Å²) in [7, 11) is 0. The van der Waals surface area contributed by atoms with Crippen LogP contribution in [0.2, 0.25) is 0 Å². The van der Waals surface area contributed by atoms with Gasteiger partial charge in [0.1, 0.15) is 25.1 Å². The first kappa shape index (κ1) is 21.2. The van der Waals surface area contributed by atoms with Gasteiger partial charge in [0.2, 0.25) is 5.91 Å². The zero-order chi connectivity index (χ0) is 23.2. The molecular weight excluding hydrogens is 441 g/mol. The molecule has 0 saturated carbocycles. The lowest BCUT2D eigenvalue weighted by atomic mass is 9.93. The second-order valence-corrected chi connectivity index (χ2v) is 9.11. The van der Waals surface area contributed by atoms with Crippen molar-refractivity contribution in [3.8, 4) is 11.5 Å². The van der Waals surface area contributed by atoms with Gasteiger partial charge in [0.05, 0.1) is 17.9 Å². The zero-order valence-electron chi connectivity index (χ0n) is 18.7. The van der Waals surface area contributed by atoms with Crippen LogP contribution in [0, 0.1) is 5.82 Å². The highest BCUT2D eigenvalue weighted by atomic mass is 19.1. The van der Waals surface area contributed by atoms with Gasteiger partial charge in [-0.3, -0.25) is 9.69 Å². The highest BCUT2D eigenvalue weighted by Crippen LogP contribution is 2.44. The number of hydrogen-bond acceptors (Lipinski definition) is 6. The van der Waals surface area contributed by atoms with Crippen LogP contribution in [-0.2, 0) is 16.0 Å². The number of amides is 2. The van der Waals surface area contributed by atoms with Gasteiger partial charge in [0.15, 0.2) is 11.5 Å². The van der Waals surface area contributed by atoms with Crippen LogP contribution in [0.5, 0.6) is 11.5 Å². The van der Waals surface area contributed by atoms with Crippen molar-refractivity contribution in [2.24, 2.45) is 0 Å². The van der Waals surface area contributed by atoms with Crippen LogP contribution in [0.25, 0.3) is 0 Å². The molecule has 0 aromatic heterocycles. The Bertz CT molecular complexity index is 1160. The quantitative estimate of drug-likeness (QED) is 0.658. The molecular formula is C25H26FN3O5. The molecule has 0 aliphatic carbocycles. The first-order valence-electron chi connectivity index (χ1n) is 11.8. The Balaban J connectivity index is 1.04. The number of fused-ring (bicyclic) bond motifs is 1. The van der Waals surface area contributed by atoms with Crippen LogP contribution in [0.4, 0.5) is 20.6 Å². The number of aryl methyl sites for hydroxylation is 1. The summed E-state index contributed by atoms with van der Waals surface area (Å²) in [6.07, 6.45) is 1.17. The number of anilines is 2. The SMILES string of the molecule is O=C1O[C@H](CNCC[C@@H]2CN3C(=O)CCc4ccc(F)c2c43)CN1c1ccc2c(c1)OCCO2. The third kappa shape index (κ3) is 3.64. The van der Waals surface area contributed by atoms with Gasteiger partial charge in [0.25, 0.3) is 0 Å². The van der Waals surface area contributed by atoms with Crippen molar-refractivity contribution >= 4 is 23.4 Å². The Hall–Kier alpha value is -3.33. The fourth-order valence-corrected chi connectivity index (χ4v) is 5.36. The minimum absolute atomic E-state index is 0.0372. The summed E-state index contributed by atoms with van der Waals surface area (Å²) in [6.45, 7) is 3.08. The van der Waals surface area contributed by atoms with Crippen molar-refractivity contribution < 1.29 is 28.2 Å². The number of hydrogen-bond donors (Lipinski definition) is 1. The van der Waals surface area contributed by atoms with E-state index in [4.69, 9.17) is 14.2 Å². The van der Waals surface area contributed by atoms with Crippen LogP contribution in [-0.4, -0.2) is 57.5 Å². The van der Waals surface area contributed by atoms with E-state index in [9.17, 15) is 14.0 Å². The topological polar surface area (TPSA) is 80.3 Å². The van der Waals surface area contributed by atoms with Crippen molar-refractivity contribution in [1.82, 2.24) is 5.32 Å². The summed E-state index contributed by atoms with van der Waals surface area (Å²) in [5.74, 6) is 1.10. The molecule has 9 heteroatoms. The highest BCUT2D eigenvalue weighted by Gasteiger charge is 2.38. The summed E-state index contributed by atoms with van der Waals surface area (Å²) in [6, 6.07) is 8.75. The minimum atomic E-state index is -0.393. The molecule has 2 aromatic rings. The van der Waals surface area contributed by atoms with E-state index >= 15 is 0 Å². The van der Waals surface area contributed by atoms with Crippen molar-refractivity contribution in [3.05, 3.63) is 47.3 Å². The molecule has 0 radical (unpaired) electrons. The molecule has 4 aliphatic heterocycles. The molecule has 6 rings (SSSR count). The van der Waals surface area contributed by atoms with Crippen LogP contribution < -0.4 is 24.6 Å². The first-order chi connectivity index (χ1) is 16.6. The van der Waals surface area contributed by atoms with Crippen LogP contribution >= 0.6 is 0 Å². The normalized spacial score (nSPS) is 22.7. The average molecular weight is 467 g/mol. The van der Waals surface area contributed by atoms with Gasteiger partial charge >= 0.3 is 6.09 Å². The number of carbonyl (C=O) groups excluding carboxylic acids is 2. The Labute approximate surface area is 196 Å². The Morgan fingerprint density at radius 2 is 1.85 bits per heavy atom. The first-order valence-corrected chi connectivity index (χ1v) is 11.8. The van der Waals surface area contributed by atoms with Gasteiger partial charge < -0.3 is 24.4 Å². The summed E-state index contributed by atoms with van der Waals surface area (Å²) in [5, 5.41) is 3.35. The molecule has 4 aliphatic rings. The average Bonchev–Trinajstić information content (AvgIpc) is 3.42. The second-order valence-electron chi connectivity index (χ2n) is 9.11. The number of rotatable bonds is 6. The third-order valence-corrected chi connectivity index (χ3v) is 6.99. The Morgan fingerprint density at radius 1 is 1.00 bits per heavy atom. The summed E-state index contributed by atoms with van der Waals surface area (Å²) < 4.78 is 31.3. The number of cyclic esters (lactones) is 1. The number of nitrogens with zero attached hydrogens (tertiary/aromatic N) is 2. The predicted molar refractivity (Wildman–Crippen MR) is 122 cm³/mol. The van der Waals surface area contributed by atoms with Crippen molar-refractivity contribution in [2.45, 2.75) is 31.3 Å². The van der Waals surface area contributed by atoms with Gasteiger partial charge in [0, 0.05) is 37.1 Å². The lowest BCUT2D eigenvalue weighted by Crippen LogP contribution is -2.34. The smallest absolute Gasteiger partial charge is 0.414 e. The summed E-state index contributed by atoms with van der Waals surface area (Å²) >= 11 is 0. The lowest BCUT2D eigenvalue weighted by molar-refractivity contribution is -0.118. The molecule has 1 N–H and O–H groups in total. The van der Waals surface area contributed by atoms with E-state index in [1.54, 1.807) is 28.0 Å². The minimum Gasteiger partial charge on any atom is -0.486 e. The van der Waals surface area contributed by atoms with E-state index in [2.05, 4.69) is 5.32 Å². The standard InChI is InChI=1S/C25H26FN3O5/c26-19-4-1-15-2-6-22(30)29-13-16(23(19)24(15)29)7-8-27-12-18-14-28(25(31)34-18)17-3-5-20-21(11-17)33-10-9-32-20/h1,3-5,11,16,18,27H,2,6-10,12-14H2/t16-,18-/m1/s1. The molecule has 2 aromatic carbocycles. The fraction of sp³-hybridized carbons (Fsp3) is 0.440. The summed E-state index contributed by atoms with van der Waals surface area (Å²) in [4.78, 5) is 28.1. The van der Waals surface area contributed by atoms with E-state index in [0.29, 0.717) is 81.4 Å². The maximum Gasteiger partial charge on any atom is 0.414 e. The molecule has 2 atom stereocenters. The molecule has 2 amide bonds. The van der Waals surface area contributed by atoms with Gasteiger partial charge in [-0.2, -0.15) is 0 Å². The maximum absolute atomic E-state index is 14.7. The zero-order valence-corrected chi connectivity index (χ0v) is 18.7. The number of nitrogens with one attached hydrogen (secondary N) is 1. The van der Waals surface area contributed by atoms with Gasteiger partial charge in [-0.1, -0.05) is 6.07 Å². The molecule has 34 heavy (non-hydrogen) atoms. The lowest BCUT2D eigenvalue weighted by Gasteiger charge is -2.25. The number of benzene rings is 2. The van der Waals surface area contributed by atoms with Crippen molar-refractivity contribution in [2.75, 3.05) is 49.2 Å². The number of ether oxygens (including phenoxy) is 3. The molecule has 1 saturated heterocycles. The fourth-order valence-electron chi connectivity index (χ4n) is 5.36. The maximum atomic E-state index is 14.7. The van der Waals surface area contributed by atoms with Gasteiger partial charge in [-0.15, -0.1) is 0 Å². The number of halogens is 1. The molecule has 4 heterocycles. The number of carbonyl (C=O) groups is 2. The Kier molecular flexibility index (Phi) is 5.28. The van der Waals surface area contributed by atoms with Crippen molar-refractivity contribution in [3.63, 3.8) is 0 Å². The largest absolute Gasteiger partial charge is 0.486 e. The van der Waals surface area contributed by atoms with Crippen LogP contribution in [0.15, 0.2) is 30.3 Å². The van der Waals surface area contributed by atoms with E-state index in [1.807, 2.05) is 6.07 Å². The van der Waals surface area contributed by atoms with E-state index < -0.39 is 6.09 Å². The molecule has 0 bridgehead atoms. The Morgan fingerprint density at radius 3 is 2.74 bits per heavy atom. The van der Waals surface area contributed by atoms with E-state index in [-0.39, 0.29) is 23.7 Å². The third-order valence-electron chi connectivity index (χ3n) is 6.99. The molecule has 0 spiro atoms. The van der Waals surface area contributed by atoms with Gasteiger partial charge in [-0.25, -0.2) is 9.18 Å². The highest BCUT2D eigenvalue weighted by molar-refractivity contribution is 5.99. The van der Waals surface area contributed by atoms with Gasteiger partial charge in [-0.05, 0) is 43.1 Å². The molecule has 0 unspecified atom stereocenters. The van der Waals surface area contributed by atoms with Crippen molar-refractivity contribution in [1.29, 1.82) is 0 Å². The van der Waals surface area contributed by atoms with Crippen LogP contribution in [0.1, 0.15) is 29.9 Å². The summed E-state index contributed by atoms with van der Waals surface area (Å²) in [5.41, 5.74) is 3.23. The molecule has 178 valence electrons. The monoisotopic (exact) mass is 467 g/mol. The predicted octanol–water partition coefficient (Wildman–Crippen LogP) is 2.98.